The van der Waals surface area contributed by atoms with Gasteiger partial charge >= 0.3 is 0 Å². The molecule has 0 amide bonds. The summed E-state index contributed by atoms with van der Waals surface area (Å²) < 4.78 is 0. The zero-order valence-corrected chi connectivity index (χ0v) is 6.50. The Bertz CT molecular complexity index is 315. The van der Waals surface area contributed by atoms with Gasteiger partial charge in [-0.15, -0.1) is 0 Å². The third-order valence-electron chi connectivity index (χ3n) is 1.72. The van der Waals surface area contributed by atoms with E-state index in [4.69, 9.17) is 30.6 Å². The Morgan fingerprint density at radius 1 is 0.714 bits per heavy atom. The first-order valence-electron chi connectivity index (χ1n) is 3.25. The number of carbonyl (C=O) groups excluding carboxylic acids is 2. The molecule has 0 atom stereocenters. The van der Waals surface area contributed by atoms with Crippen molar-refractivity contribution in [2.24, 2.45) is 0 Å². The summed E-state index contributed by atoms with van der Waals surface area (Å²) in [4.78, 5) is 21.5. The molecule has 0 spiro atoms. The Balaban J connectivity index is 3.48. The van der Waals surface area contributed by atoms with Crippen molar-refractivity contribution in [3.63, 3.8) is 0 Å². The van der Waals surface area contributed by atoms with Crippen molar-refractivity contribution in [1.82, 2.24) is 0 Å². The quantitative estimate of drug-likeness (QED) is 0.179. The first-order chi connectivity index (χ1) is 6.13. The Morgan fingerprint density at radius 3 is 1.14 bits per heavy atom. The molecule has 0 saturated carbocycles. The van der Waals surface area contributed by atoms with Gasteiger partial charge in [-0.1, -0.05) is 0 Å². The molecule has 0 aromatic carbocycles. The predicted molar refractivity (Wildman–Crippen MR) is 36.6 cm³/mol. The number of hydrogen-bond acceptors (Lipinski definition) is 8. The Labute approximate surface area is 76.0 Å². The van der Waals surface area contributed by atoms with Gasteiger partial charge in [0.15, 0.2) is 0 Å². The molecular formula is C6H6O8. The summed E-state index contributed by atoms with van der Waals surface area (Å²) >= 11 is 0. The molecule has 1 aliphatic rings. The van der Waals surface area contributed by atoms with E-state index in [0.717, 1.165) is 0 Å². The van der Waals surface area contributed by atoms with E-state index in [9.17, 15) is 9.59 Å². The van der Waals surface area contributed by atoms with Crippen LogP contribution in [0.1, 0.15) is 0 Å². The summed E-state index contributed by atoms with van der Waals surface area (Å²) in [6.07, 6.45) is 0. The molecule has 0 aromatic heterocycles. The second kappa shape index (κ2) is 2.51. The van der Waals surface area contributed by atoms with Crippen LogP contribution in [-0.2, 0) is 9.59 Å². The monoisotopic (exact) mass is 206 g/mol. The average Bonchev–Trinajstić information content (AvgIpc) is 2.11. The molecule has 0 heterocycles. The van der Waals surface area contributed by atoms with Crippen molar-refractivity contribution < 1.29 is 40.2 Å². The van der Waals surface area contributed by atoms with Gasteiger partial charge in [0.1, 0.15) is 0 Å². The zero-order valence-electron chi connectivity index (χ0n) is 6.50. The largest absolute Gasteiger partial charge is 0.504 e. The molecule has 0 fully saturated rings. The molecular weight excluding hydrogens is 200 g/mol. The average molecular weight is 206 g/mol. The van der Waals surface area contributed by atoms with Gasteiger partial charge in [0.05, 0.1) is 0 Å². The lowest BCUT2D eigenvalue weighted by Gasteiger charge is -2.30. The van der Waals surface area contributed by atoms with Gasteiger partial charge in [-0.05, 0) is 0 Å². The van der Waals surface area contributed by atoms with E-state index in [0.29, 0.717) is 0 Å². The van der Waals surface area contributed by atoms with E-state index in [1.54, 1.807) is 0 Å². The van der Waals surface area contributed by atoms with E-state index in [1.807, 2.05) is 0 Å². The van der Waals surface area contributed by atoms with E-state index in [-0.39, 0.29) is 0 Å². The molecule has 0 radical (unpaired) electrons. The van der Waals surface area contributed by atoms with Crippen LogP contribution in [0.5, 0.6) is 0 Å². The van der Waals surface area contributed by atoms with Gasteiger partial charge in [-0.2, -0.15) is 0 Å². The molecule has 0 saturated heterocycles. The topological polar surface area (TPSA) is 156 Å². The number of ketones is 2. The van der Waals surface area contributed by atoms with Crippen LogP contribution >= 0.6 is 0 Å². The summed E-state index contributed by atoms with van der Waals surface area (Å²) in [6, 6.07) is 0. The van der Waals surface area contributed by atoms with Crippen LogP contribution in [-0.4, -0.2) is 53.8 Å². The first-order valence-corrected chi connectivity index (χ1v) is 3.25. The normalized spacial score (nSPS) is 25.4. The third kappa shape index (κ3) is 1.02. The van der Waals surface area contributed by atoms with Crippen LogP contribution in [0.15, 0.2) is 11.5 Å². The van der Waals surface area contributed by atoms with Gasteiger partial charge in [0, 0.05) is 0 Å². The van der Waals surface area contributed by atoms with Gasteiger partial charge in [0.25, 0.3) is 23.1 Å². The second-order valence-corrected chi connectivity index (χ2v) is 2.70. The van der Waals surface area contributed by atoms with Crippen LogP contribution in [0.25, 0.3) is 0 Å². The highest BCUT2D eigenvalue weighted by Crippen LogP contribution is 2.29. The fourth-order valence-corrected chi connectivity index (χ4v) is 0.862. The Morgan fingerprint density at radius 2 is 0.929 bits per heavy atom. The van der Waals surface area contributed by atoms with Gasteiger partial charge in [0.2, 0.25) is 11.5 Å². The molecule has 0 unspecified atom stereocenters. The number of Topliss-reactive ketones (excluding diaryl/α,β-unsaturated/α-hetero) is 2. The fourth-order valence-electron chi connectivity index (χ4n) is 0.862. The highest BCUT2D eigenvalue weighted by Gasteiger charge is 2.60. The van der Waals surface area contributed by atoms with Crippen LogP contribution in [0.4, 0.5) is 0 Å². The third-order valence-corrected chi connectivity index (χ3v) is 1.72. The van der Waals surface area contributed by atoms with Crippen molar-refractivity contribution in [2.75, 3.05) is 0 Å². The summed E-state index contributed by atoms with van der Waals surface area (Å²) in [6.45, 7) is 0. The maximum Gasteiger partial charge on any atom is 0.296 e. The lowest BCUT2D eigenvalue weighted by atomic mass is 9.90. The summed E-state index contributed by atoms with van der Waals surface area (Å²) in [5.41, 5.74) is 0. The van der Waals surface area contributed by atoms with E-state index >= 15 is 0 Å². The lowest BCUT2D eigenvalue weighted by Crippen LogP contribution is -2.59. The minimum Gasteiger partial charge on any atom is -0.504 e. The lowest BCUT2D eigenvalue weighted by molar-refractivity contribution is -0.214. The molecule has 0 bridgehead atoms. The van der Waals surface area contributed by atoms with E-state index in [1.165, 1.54) is 0 Å². The molecule has 78 valence electrons. The van der Waals surface area contributed by atoms with Crippen molar-refractivity contribution in [1.29, 1.82) is 0 Å². The number of hydrogen-bond donors (Lipinski definition) is 6. The zero-order chi connectivity index (χ0) is 11.3. The minimum absolute atomic E-state index is 1.80. The highest BCUT2D eigenvalue weighted by molar-refractivity contribution is 6.44. The Hall–Kier alpha value is -1.48. The summed E-state index contributed by atoms with van der Waals surface area (Å²) in [7, 11) is 0. The van der Waals surface area contributed by atoms with Gasteiger partial charge in [-0.25, -0.2) is 0 Å². The molecule has 14 heavy (non-hydrogen) atoms. The second-order valence-electron chi connectivity index (χ2n) is 2.70. The number of carbonyl (C=O) groups is 2. The van der Waals surface area contributed by atoms with Gasteiger partial charge < -0.3 is 30.6 Å². The number of aliphatic hydroxyl groups excluding tert-OH is 2. The van der Waals surface area contributed by atoms with Crippen LogP contribution in [0, 0.1) is 0 Å². The Kier molecular flexibility index (Phi) is 1.90. The number of aliphatic hydroxyl groups is 6. The van der Waals surface area contributed by atoms with Gasteiger partial charge in [-0.3, -0.25) is 9.59 Å². The molecule has 0 aromatic rings. The van der Waals surface area contributed by atoms with Crippen molar-refractivity contribution in [3.8, 4) is 0 Å². The van der Waals surface area contributed by atoms with Crippen molar-refractivity contribution >= 4 is 11.6 Å². The fraction of sp³-hybridized carbons (Fsp3) is 0.333. The van der Waals surface area contributed by atoms with Crippen molar-refractivity contribution in [3.05, 3.63) is 11.5 Å². The standard InChI is InChI=1S/C6H6O8/c7-1-2(8)6(13,14)4(10)3(9)5(1,11)12/h7-8,11-14H. The minimum atomic E-state index is -3.63. The summed E-state index contributed by atoms with van der Waals surface area (Å²) in [5, 5.41) is 52.7. The maximum atomic E-state index is 10.7. The van der Waals surface area contributed by atoms with Crippen molar-refractivity contribution in [2.45, 2.75) is 11.6 Å². The molecule has 6 N–H and O–H groups in total. The van der Waals surface area contributed by atoms with Crippen LogP contribution < -0.4 is 0 Å². The highest BCUT2D eigenvalue weighted by atomic mass is 16.6. The first kappa shape index (κ1) is 10.6. The van der Waals surface area contributed by atoms with Crippen LogP contribution in [0.2, 0.25) is 0 Å². The van der Waals surface area contributed by atoms with E-state index < -0.39 is 34.7 Å². The number of rotatable bonds is 0. The van der Waals surface area contributed by atoms with Crippen LogP contribution in [0.3, 0.4) is 0 Å². The molecule has 0 aliphatic heterocycles. The SMILES string of the molecule is O=C1C(=O)C(O)(O)C(O)=C(O)C1(O)O. The molecule has 8 heteroatoms. The summed E-state index contributed by atoms with van der Waals surface area (Å²) in [5.74, 6) is -15.0. The molecule has 8 nitrogen and oxygen atoms in total. The predicted octanol–water partition coefficient (Wildman–Crippen LogP) is -3.17. The maximum absolute atomic E-state index is 10.7. The molecule has 1 rings (SSSR count). The van der Waals surface area contributed by atoms with E-state index in [2.05, 4.69) is 0 Å². The molecule has 1 aliphatic carbocycles. The smallest absolute Gasteiger partial charge is 0.296 e.